The Morgan fingerprint density at radius 3 is 2.55 bits per heavy atom. The van der Waals surface area contributed by atoms with Gasteiger partial charge in [-0.25, -0.2) is 0 Å². The number of hydrogen-bond acceptors (Lipinski definition) is 3. The molecule has 2 heterocycles. The number of fused-ring (bicyclic) bond motifs is 1. The summed E-state index contributed by atoms with van der Waals surface area (Å²) in [5, 5.41) is 2.35. The van der Waals surface area contributed by atoms with Gasteiger partial charge in [-0.3, -0.25) is 4.98 Å². The Morgan fingerprint density at radius 1 is 1.10 bits per heavy atom. The fourth-order valence-corrected chi connectivity index (χ4v) is 3.53. The van der Waals surface area contributed by atoms with Crippen LogP contribution in [0.3, 0.4) is 0 Å². The Balaban J connectivity index is 2.03. The lowest BCUT2D eigenvalue weighted by Crippen LogP contribution is -2.30. The second kappa shape index (κ2) is 5.15. The Kier molecular flexibility index (Phi) is 3.48. The van der Waals surface area contributed by atoms with Crippen molar-refractivity contribution >= 4 is 10.8 Å². The fraction of sp³-hybridized carbons (Fsp3) is 0.471. The molecule has 106 valence electrons. The number of benzene rings is 1. The average molecular weight is 270 g/mol. The molecule has 2 N–H and O–H groups in total. The molecule has 5 unspecified atom stereocenters. The third-order valence-electron chi connectivity index (χ3n) is 4.79. The van der Waals surface area contributed by atoms with Gasteiger partial charge in [0.25, 0.3) is 0 Å². The summed E-state index contributed by atoms with van der Waals surface area (Å²) in [4.78, 5) is 4.35. The maximum atomic E-state index is 6.59. The van der Waals surface area contributed by atoms with Crippen molar-refractivity contribution in [2.45, 2.75) is 39.0 Å². The van der Waals surface area contributed by atoms with Gasteiger partial charge >= 0.3 is 0 Å². The van der Waals surface area contributed by atoms with E-state index in [-0.39, 0.29) is 18.2 Å². The summed E-state index contributed by atoms with van der Waals surface area (Å²) in [7, 11) is 0. The van der Waals surface area contributed by atoms with Gasteiger partial charge in [0.2, 0.25) is 0 Å². The van der Waals surface area contributed by atoms with Crippen LogP contribution < -0.4 is 5.73 Å². The molecule has 0 bridgehead atoms. The van der Waals surface area contributed by atoms with Crippen molar-refractivity contribution in [3.63, 3.8) is 0 Å². The molecule has 20 heavy (non-hydrogen) atoms. The SMILES string of the molecule is CC1OC(C)C(C(N)c2cncc3ccccc23)C1C. The van der Waals surface area contributed by atoms with Crippen LogP contribution in [-0.2, 0) is 4.74 Å². The van der Waals surface area contributed by atoms with E-state index in [0.717, 1.165) is 10.9 Å². The molecule has 1 aliphatic rings. The zero-order valence-electron chi connectivity index (χ0n) is 12.3. The Bertz CT molecular complexity index is 607. The molecule has 1 fully saturated rings. The van der Waals surface area contributed by atoms with E-state index >= 15 is 0 Å². The van der Waals surface area contributed by atoms with E-state index in [0.29, 0.717) is 11.8 Å². The van der Waals surface area contributed by atoms with Gasteiger partial charge in [0, 0.05) is 29.7 Å². The first-order chi connectivity index (χ1) is 9.59. The first-order valence-corrected chi connectivity index (χ1v) is 7.33. The number of ether oxygens (including phenoxy) is 1. The molecule has 5 atom stereocenters. The number of nitrogens with zero attached hydrogens (tertiary/aromatic N) is 1. The molecule has 0 saturated carbocycles. The van der Waals surface area contributed by atoms with Crippen molar-refractivity contribution in [2.75, 3.05) is 0 Å². The third-order valence-corrected chi connectivity index (χ3v) is 4.79. The van der Waals surface area contributed by atoms with Crippen LogP contribution in [0.15, 0.2) is 36.7 Å². The summed E-state index contributed by atoms with van der Waals surface area (Å²) >= 11 is 0. The first kappa shape index (κ1) is 13.5. The monoisotopic (exact) mass is 270 g/mol. The molecule has 1 aromatic heterocycles. The molecular weight excluding hydrogens is 248 g/mol. The highest BCUT2D eigenvalue weighted by molar-refractivity contribution is 5.85. The second-order valence-electron chi connectivity index (χ2n) is 5.96. The number of nitrogens with two attached hydrogens (primary N) is 1. The van der Waals surface area contributed by atoms with Gasteiger partial charge in [-0.2, -0.15) is 0 Å². The topological polar surface area (TPSA) is 48.1 Å². The smallest absolute Gasteiger partial charge is 0.0600 e. The van der Waals surface area contributed by atoms with Gasteiger partial charge in [0.1, 0.15) is 0 Å². The van der Waals surface area contributed by atoms with E-state index in [1.54, 1.807) is 0 Å². The zero-order chi connectivity index (χ0) is 14.3. The molecule has 1 aromatic carbocycles. The number of pyridine rings is 1. The van der Waals surface area contributed by atoms with Crippen LogP contribution >= 0.6 is 0 Å². The van der Waals surface area contributed by atoms with Gasteiger partial charge < -0.3 is 10.5 Å². The van der Waals surface area contributed by atoms with Crippen LogP contribution in [0, 0.1) is 11.8 Å². The molecular formula is C17H22N2O. The predicted octanol–water partition coefficient (Wildman–Crippen LogP) is 3.29. The molecule has 0 spiro atoms. The van der Waals surface area contributed by atoms with E-state index in [1.165, 1.54) is 5.39 Å². The fourth-order valence-electron chi connectivity index (χ4n) is 3.53. The molecule has 2 aromatic rings. The molecule has 0 aliphatic carbocycles. The van der Waals surface area contributed by atoms with Crippen molar-refractivity contribution in [3.8, 4) is 0 Å². The number of hydrogen-bond donors (Lipinski definition) is 1. The van der Waals surface area contributed by atoms with Crippen LogP contribution in [0.5, 0.6) is 0 Å². The molecule has 0 amide bonds. The van der Waals surface area contributed by atoms with Gasteiger partial charge in [-0.15, -0.1) is 0 Å². The lowest BCUT2D eigenvalue weighted by Gasteiger charge is -2.26. The van der Waals surface area contributed by atoms with Crippen LogP contribution in [0.25, 0.3) is 10.8 Å². The second-order valence-corrected chi connectivity index (χ2v) is 5.96. The molecule has 3 rings (SSSR count). The Morgan fingerprint density at radius 2 is 1.85 bits per heavy atom. The van der Waals surface area contributed by atoms with Crippen LogP contribution in [0.2, 0.25) is 0 Å². The lowest BCUT2D eigenvalue weighted by atomic mass is 9.80. The standard InChI is InChI=1S/C17H22N2O/c1-10-11(2)20-12(3)16(10)17(18)15-9-19-8-13-6-4-5-7-14(13)15/h4-12,16-17H,18H2,1-3H3. The van der Waals surface area contributed by atoms with Crippen molar-refractivity contribution in [1.29, 1.82) is 0 Å². The van der Waals surface area contributed by atoms with Gasteiger partial charge in [-0.05, 0) is 30.7 Å². The maximum Gasteiger partial charge on any atom is 0.0600 e. The minimum atomic E-state index is -0.0384. The minimum absolute atomic E-state index is 0.0384. The van der Waals surface area contributed by atoms with Gasteiger partial charge in [0.05, 0.1) is 12.2 Å². The third kappa shape index (κ3) is 2.11. The van der Waals surface area contributed by atoms with Gasteiger partial charge in [0.15, 0.2) is 0 Å². The Hall–Kier alpha value is -1.45. The largest absolute Gasteiger partial charge is 0.375 e. The number of rotatable bonds is 2. The molecule has 0 radical (unpaired) electrons. The average Bonchev–Trinajstić information content (AvgIpc) is 2.71. The number of aromatic nitrogens is 1. The van der Waals surface area contributed by atoms with Crippen molar-refractivity contribution < 1.29 is 4.74 Å². The van der Waals surface area contributed by atoms with Gasteiger partial charge in [-0.1, -0.05) is 31.2 Å². The Labute approximate surface area is 120 Å². The molecule has 1 aliphatic heterocycles. The quantitative estimate of drug-likeness (QED) is 0.911. The summed E-state index contributed by atoms with van der Waals surface area (Å²) < 4.78 is 5.94. The summed E-state index contributed by atoms with van der Waals surface area (Å²) in [6.45, 7) is 6.50. The van der Waals surface area contributed by atoms with E-state index in [1.807, 2.05) is 18.5 Å². The first-order valence-electron chi connectivity index (χ1n) is 7.33. The van der Waals surface area contributed by atoms with E-state index in [2.05, 4.69) is 44.0 Å². The van der Waals surface area contributed by atoms with Crippen molar-refractivity contribution in [3.05, 3.63) is 42.2 Å². The highest BCUT2D eigenvalue weighted by atomic mass is 16.5. The van der Waals surface area contributed by atoms with Crippen molar-refractivity contribution in [1.82, 2.24) is 4.98 Å². The zero-order valence-corrected chi connectivity index (χ0v) is 12.3. The van der Waals surface area contributed by atoms with Crippen molar-refractivity contribution in [2.24, 2.45) is 17.6 Å². The summed E-state index contributed by atoms with van der Waals surface area (Å²) in [5.41, 5.74) is 7.72. The molecule has 3 nitrogen and oxygen atoms in total. The molecule has 3 heteroatoms. The van der Waals surface area contributed by atoms with Crippen LogP contribution in [0.1, 0.15) is 32.4 Å². The van der Waals surface area contributed by atoms with Crippen LogP contribution in [-0.4, -0.2) is 17.2 Å². The maximum absolute atomic E-state index is 6.59. The highest BCUT2D eigenvalue weighted by Crippen LogP contribution is 2.40. The summed E-state index contributed by atoms with van der Waals surface area (Å²) in [6.07, 6.45) is 4.26. The van der Waals surface area contributed by atoms with Crippen LogP contribution in [0.4, 0.5) is 0 Å². The molecule has 1 saturated heterocycles. The summed E-state index contributed by atoms with van der Waals surface area (Å²) in [6, 6.07) is 8.26. The minimum Gasteiger partial charge on any atom is -0.375 e. The lowest BCUT2D eigenvalue weighted by molar-refractivity contribution is 0.0490. The normalized spacial score (nSPS) is 31.6. The highest BCUT2D eigenvalue weighted by Gasteiger charge is 2.41. The van der Waals surface area contributed by atoms with E-state index in [9.17, 15) is 0 Å². The predicted molar refractivity (Wildman–Crippen MR) is 81.3 cm³/mol. The van der Waals surface area contributed by atoms with E-state index < -0.39 is 0 Å². The van der Waals surface area contributed by atoms with E-state index in [4.69, 9.17) is 10.5 Å². The summed E-state index contributed by atoms with van der Waals surface area (Å²) in [5.74, 6) is 0.788.